The van der Waals surface area contributed by atoms with Crippen LogP contribution in [-0.2, 0) is 23.8 Å². The second-order valence-electron chi connectivity index (χ2n) is 5.55. The Balaban J connectivity index is 2.05. The molecule has 0 unspecified atom stereocenters. The zero-order valence-electron chi connectivity index (χ0n) is 13.2. The first kappa shape index (κ1) is 17.0. The summed E-state index contributed by atoms with van der Waals surface area (Å²) in [7, 11) is 1.31. The van der Waals surface area contributed by atoms with Gasteiger partial charge in [0.1, 0.15) is 12.2 Å². The van der Waals surface area contributed by atoms with Gasteiger partial charge in [0.25, 0.3) is 0 Å². The fourth-order valence-electron chi connectivity index (χ4n) is 2.80. The number of benzene rings is 1. The highest BCUT2D eigenvalue weighted by Crippen LogP contribution is 2.30. The number of hydrogen-bond donors (Lipinski definition) is 0. The smallest absolute Gasteiger partial charge is 0.338 e. The van der Waals surface area contributed by atoms with Crippen LogP contribution in [0.15, 0.2) is 30.3 Å². The number of rotatable bonds is 4. The van der Waals surface area contributed by atoms with Gasteiger partial charge in [-0.3, -0.25) is 9.59 Å². The van der Waals surface area contributed by atoms with E-state index in [1.165, 1.54) is 14.0 Å². The molecule has 0 aliphatic heterocycles. The van der Waals surface area contributed by atoms with Gasteiger partial charge in [0.2, 0.25) is 0 Å². The van der Waals surface area contributed by atoms with E-state index in [0.29, 0.717) is 24.8 Å². The van der Waals surface area contributed by atoms with E-state index in [9.17, 15) is 14.4 Å². The molecule has 23 heavy (non-hydrogen) atoms. The van der Waals surface area contributed by atoms with Crippen molar-refractivity contribution in [2.24, 2.45) is 5.92 Å². The summed E-state index contributed by atoms with van der Waals surface area (Å²) in [4.78, 5) is 35.1. The number of methoxy groups -OCH3 is 1. The maximum Gasteiger partial charge on any atom is 0.338 e. The van der Waals surface area contributed by atoms with E-state index in [4.69, 9.17) is 14.2 Å². The molecule has 1 saturated carbocycles. The Morgan fingerprint density at radius 3 is 2.13 bits per heavy atom. The molecule has 0 N–H and O–H groups in total. The first-order chi connectivity index (χ1) is 11.0. The molecule has 0 spiro atoms. The third kappa shape index (κ3) is 4.81. The van der Waals surface area contributed by atoms with Crippen LogP contribution in [0.4, 0.5) is 0 Å². The molecule has 0 bridgehead atoms. The molecule has 0 aromatic heterocycles. The summed E-state index contributed by atoms with van der Waals surface area (Å²) in [6.07, 6.45) is 0.171. The first-order valence-electron chi connectivity index (χ1n) is 7.50. The van der Waals surface area contributed by atoms with Crippen molar-refractivity contribution in [1.29, 1.82) is 0 Å². The summed E-state index contributed by atoms with van der Waals surface area (Å²) < 4.78 is 15.4. The Hall–Kier alpha value is -2.37. The number of esters is 3. The van der Waals surface area contributed by atoms with Crippen LogP contribution >= 0.6 is 0 Å². The molecule has 3 atom stereocenters. The standard InChI is InChI=1S/C17H20O6/c1-11(18)22-14-8-13(16(19)21-2)9-15(10-14)23-17(20)12-6-4-3-5-7-12/h3-7,13-15H,8-10H2,1-2H3/t13-,14+,15+/m1/s1. The topological polar surface area (TPSA) is 78.9 Å². The summed E-state index contributed by atoms with van der Waals surface area (Å²) in [5, 5.41) is 0. The van der Waals surface area contributed by atoms with Gasteiger partial charge in [0.05, 0.1) is 18.6 Å². The summed E-state index contributed by atoms with van der Waals surface area (Å²) in [6, 6.07) is 8.62. The van der Waals surface area contributed by atoms with Gasteiger partial charge in [-0.1, -0.05) is 18.2 Å². The van der Waals surface area contributed by atoms with Crippen LogP contribution in [0.2, 0.25) is 0 Å². The molecule has 0 radical (unpaired) electrons. The molecule has 0 amide bonds. The average Bonchev–Trinajstić information content (AvgIpc) is 2.54. The molecule has 1 aliphatic carbocycles. The molecule has 6 nitrogen and oxygen atoms in total. The maximum atomic E-state index is 12.1. The number of hydrogen-bond acceptors (Lipinski definition) is 6. The van der Waals surface area contributed by atoms with Crippen LogP contribution in [0.25, 0.3) is 0 Å². The van der Waals surface area contributed by atoms with E-state index in [-0.39, 0.29) is 5.97 Å². The van der Waals surface area contributed by atoms with E-state index in [2.05, 4.69) is 0 Å². The summed E-state index contributed by atoms with van der Waals surface area (Å²) in [5.41, 5.74) is 0.441. The largest absolute Gasteiger partial charge is 0.469 e. The zero-order valence-corrected chi connectivity index (χ0v) is 13.2. The lowest BCUT2D eigenvalue weighted by Gasteiger charge is -2.32. The van der Waals surface area contributed by atoms with Gasteiger partial charge in [-0.2, -0.15) is 0 Å². The second-order valence-corrected chi connectivity index (χ2v) is 5.55. The van der Waals surface area contributed by atoms with Gasteiger partial charge >= 0.3 is 17.9 Å². The lowest BCUT2D eigenvalue weighted by Crippen LogP contribution is -2.38. The SMILES string of the molecule is COC(=O)[C@@H]1C[C@H](OC(C)=O)C[C@@H](OC(=O)c2ccccc2)C1. The minimum atomic E-state index is -0.495. The maximum absolute atomic E-state index is 12.1. The van der Waals surface area contributed by atoms with Gasteiger partial charge in [-0.15, -0.1) is 0 Å². The Bertz CT molecular complexity index is 568. The Kier molecular flexibility index (Phi) is 5.73. The molecular formula is C17H20O6. The quantitative estimate of drug-likeness (QED) is 0.624. The number of ether oxygens (including phenoxy) is 3. The Morgan fingerprint density at radius 1 is 0.957 bits per heavy atom. The predicted octanol–water partition coefficient (Wildman–Crippen LogP) is 2.12. The van der Waals surface area contributed by atoms with E-state index in [0.717, 1.165) is 0 Å². The molecule has 1 aromatic carbocycles. The lowest BCUT2D eigenvalue weighted by molar-refractivity contribution is -0.159. The van der Waals surface area contributed by atoms with Crippen LogP contribution in [0.5, 0.6) is 0 Å². The molecule has 6 heteroatoms. The van der Waals surface area contributed by atoms with Crippen LogP contribution < -0.4 is 0 Å². The van der Waals surface area contributed by atoms with Crippen LogP contribution in [0, 0.1) is 5.92 Å². The van der Waals surface area contributed by atoms with Crippen molar-refractivity contribution in [3.8, 4) is 0 Å². The highest BCUT2D eigenvalue weighted by molar-refractivity contribution is 5.89. The van der Waals surface area contributed by atoms with Gasteiger partial charge < -0.3 is 14.2 Å². The third-order valence-corrected chi connectivity index (χ3v) is 3.77. The van der Waals surface area contributed by atoms with Crippen molar-refractivity contribution in [2.75, 3.05) is 7.11 Å². The monoisotopic (exact) mass is 320 g/mol. The zero-order chi connectivity index (χ0) is 16.8. The highest BCUT2D eigenvalue weighted by Gasteiger charge is 2.37. The van der Waals surface area contributed by atoms with Crippen molar-refractivity contribution in [3.05, 3.63) is 35.9 Å². The predicted molar refractivity (Wildman–Crippen MR) is 80.6 cm³/mol. The fourth-order valence-corrected chi connectivity index (χ4v) is 2.80. The van der Waals surface area contributed by atoms with Crippen molar-refractivity contribution in [3.63, 3.8) is 0 Å². The molecule has 0 heterocycles. The minimum Gasteiger partial charge on any atom is -0.469 e. The highest BCUT2D eigenvalue weighted by atomic mass is 16.6. The molecule has 2 rings (SSSR count). The van der Waals surface area contributed by atoms with Crippen LogP contribution in [0.3, 0.4) is 0 Å². The Morgan fingerprint density at radius 2 is 1.57 bits per heavy atom. The molecular weight excluding hydrogens is 300 g/mol. The van der Waals surface area contributed by atoms with E-state index in [1.54, 1.807) is 30.3 Å². The van der Waals surface area contributed by atoms with Crippen molar-refractivity contribution in [1.82, 2.24) is 0 Å². The average molecular weight is 320 g/mol. The van der Waals surface area contributed by atoms with Gasteiger partial charge in [-0.05, 0) is 25.0 Å². The van der Waals surface area contributed by atoms with E-state index in [1.807, 2.05) is 0 Å². The van der Waals surface area contributed by atoms with Crippen molar-refractivity contribution < 1.29 is 28.6 Å². The van der Waals surface area contributed by atoms with Crippen molar-refractivity contribution in [2.45, 2.75) is 38.4 Å². The fraction of sp³-hybridized carbons (Fsp3) is 0.471. The minimum absolute atomic E-state index is 0.364. The lowest BCUT2D eigenvalue weighted by atomic mass is 9.85. The number of carbonyl (C=O) groups is 3. The second kappa shape index (κ2) is 7.76. The molecule has 1 fully saturated rings. The summed E-state index contributed by atoms with van der Waals surface area (Å²) in [6.45, 7) is 1.31. The molecule has 124 valence electrons. The van der Waals surface area contributed by atoms with Crippen LogP contribution in [-0.4, -0.2) is 37.2 Å². The Labute approximate surface area is 134 Å². The first-order valence-corrected chi connectivity index (χ1v) is 7.50. The van der Waals surface area contributed by atoms with Crippen molar-refractivity contribution >= 4 is 17.9 Å². The molecule has 0 saturated heterocycles. The van der Waals surface area contributed by atoms with Gasteiger partial charge in [0.15, 0.2) is 0 Å². The molecule has 1 aromatic rings. The summed E-state index contributed by atoms with van der Waals surface area (Å²) in [5.74, 6) is -1.72. The summed E-state index contributed by atoms with van der Waals surface area (Å²) >= 11 is 0. The van der Waals surface area contributed by atoms with Gasteiger partial charge in [0, 0.05) is 13.3 Å². The van der Waals surface area contributed by atoms with Gasteiger partial charge in [-0.25, -0.2) is 4.79 Å². The van der Waals surface area contributed by atoms with E-state index >= 15 is 0 Å². The third-order valence-electron chi connectivity index (χ3n) is 3.77. The van der Waals surface area contributed by atoms with Crippen LogP contribution in [0.1, 0.15) is 36.5 Å². The normalized spacial score (nSPS) is 23.7. The number of carbonyl (C=O) groups excluding carboxylic acids is 3. The van der Waals surface area contributed by atoms with E-state index < -0.39 is 30.1 Å². The molecule has 1 aliphatic rings.